The summed E-state index contributed by atoms with van der Waals surface area (Å²) >= 11 is 0. The number of hydrogen-bond donors (Lipinski definition) is 8. The molecule has 0 aromatic carbocycles. The Hall–Kier alpha value is -1.96. The molecule has 0 aromatic rings. The Kier molecular flexibility index (Phi) is 15.1. The average molecular weight is 985 g/mol. The minimum atomic E-state index is -1.69. The molecule has 4 aliphatic carbocycles. The predicted octanol–water partition coefficient (Wildman–Crippen LogP) is 0.613. The monoisotopic (exact) mass is 984 g/mol. The average Bonchev–Trinajstić information content (AvgIpc) is 3.84. The van der Waals surface area contributed by atoms with Crippen molar-refractivity contribution in [1.29, 1.82) is 0 Å². The standard InChI is InChI=1S/C49H76O20/c1-21-43(67-38-17-32(53)44(22(2)62-38)68-39-18-33(64-24(4)51)45(23(3)63-39)69-46-42(58)41(57)40(56)34(19-50)66-46)31(52)16-37(61-21)65-27-9-11-47(5)26(14-27)7-8-29-30(47)15-35(54)48(6)28(10-12-49(29,48)59)25-13-36(55)60-20-25/h13,21-23,26-35,37-46,50,52-54,56-59H,7-12,14-20H2,1-6H3/t21-,22-,23-,26+,27+,28-,29-,30?,31+,32+,33+,34-,35-,37?,38?,39?,40-,41+,42-,43?,44?,45?,46?,47+,48+,49+/m1/s1. The molecule has 4 saturated heterocycles. The van der Waals surface area contributed by atoms with E-state index in [1.165, 1.54) is 6.92 Å². The van der Waals surface area contributed by atoms with E-state index in [-0.39, 0.29) is 61.1 Å². The van der Waals surface area contributed by atoms with Crippen LogP contribution in [0, 0.1) is 34.5 Å². The van der Waals surface area contributed by atoms with Crippen molar-refractivity contribution >= 4 is 11.9 Å². The number of carbonyl (C=O) groups excluding carboxylic acids is 2. The third kappa shape index (κ3) is 9.48. The summed E-state index contributed by atoms with van der Waals surface area (Å²) in [5.41, 5.74) is -1.01. The lowest BCUT2D eigenvalue weighted by Gasteiger charge is -2.65. The van der Waals surface area contributed by atoms with Crippen LogP contribution in [-0.4, -0.2) is 188 Å². The lowest BCUT2D eigenvalue weighted by molar-refractivity contribution is -0.355. The molecule has 9 rings (SSSR count). The normalized spacial score (nSPS) is 53.3. The van der Waals surface area contributed by atoms with Crippen LogP contribution < -0.4 is 0 Å². The van der Waals surface area contributed by atoms with Crippen molar-refractivity contribution < 1.29 is 97.8 Å². The van der Waals surface area contributed by atoms with Crippen molar-refractivity contribution in [3.05, 3.63) is 11.6 Å². The minimum Gasteiger partial charge on any atom is -0.459 e. The first-order chi connectivity index (χ1) is 32.6. The molecule has 0 amide bonds. The van der Waals surface area contributed by atoms with E-state index >= 15 is 0 Å². The maximum absolute atomic E-state index is 12.6. The fraction of sp³-hybridized carbons (Fsp3) is 0.918. The maximum atomic E-state index is 12.6. The van der Waals surface area contributed by atoms with Gasteiger partial charge >= 0.3 is 11.9 Å². The van der Waals surface area contributed by atoms with E-state index in [1.807, 2.05) is 6.92 Å². The number of rotatable bonds is 11. The fourth-order valence-electron chi connectivity index (χ4n) is 14.6. The summed E-state index contributed by atoms with van der Waals surface area (Å²) in [5, 5.41) is 88.1. The van der Waals surface area contributed by atoms with Gasteiger partial charge in [0.2, 0.25) is 0 Å². The van der Waals surface area contributed by atoms with Gasteiger partial charge in [0.05, 0.1) is 54.9 Å². The summed E-state index contributed by atoms with van der Waals surface area (Å²) in [6.07, 6.45) is -11.1. The molecule has 5 aliphatic heterocycles. The van der Waals surface area contributed by atoms with Gasteiger partial charge < -0.3 is 88.2 Å². The van der Waals surface area contributed by atoms with E-state index in [0.29, 0.717) is 25.2 Å². The second-order valence-corrected chi connectivity index (χ2v) is 22.2. The van der Waals surface area contributed by atoms with Gasteiger partial charge in [-0.15, -0.1) is 0 Å². The second-order valence-electron chi connectivity index (χ2n) is 22.2. The topological polar surface area (TPSA) is 288 Å². The Morgan fingerprint density at radius 2 is 1.33 bits per heavy atom. The maximum Gasteiger partial charge on any atom is 0.331 e. The Morgan fingerprint density at radius 3 is 1.93 bits per heavy atom. The molecule has 8 N–H and O–H groups in total. The van der Waals surface area contributed by atoms with E-state index < -0.39 is 134 Å². The molecule has 0 bridgehead atoms. The fourth-order valence-corrected chi connectivity index (χ4v) is 14.6. The van der Waals surface area contributed by atoms with Crippen molar-refractivity contribution in [2.24, 2.45) is 34.5 Å². The van der Waals surface area contributed by atoms with Crippen molar-refractivity contribution in [3.63, 3.8) is 0 Å². The van der Waals surface area contributed by atoms with Crippen molar-refractivity contribution in [2.75, 3.05) is 13.2 Å². The molecule has 0 spiro atoms. The molecule has 26 atom stereocenters. The van der Waals surface area contributed by atoms with Gasteiger partial charge in [-0.3, -0.25) is 4.79 Å². The molecular weight excluding hydrogens is 909 g/mol. The Labute approximate surface area is 402 Å². The highest BCUT2D eigenvalue weighted by atomic mass is 16.8. The smallest absolute Gasteiger partial charge is 0.331 e. The third-order valence-electron chi connectivity index (χ3n) is 18.4. The Morgan fingerprint density at radius 1 is 0.710 bits per heavy atom. The van der Waals surface area contributed by atoms with Gasteiger partial charge in [0.25, 0.3) is 0 Å². The van der Waals surface area contributed by atoms with Crippen molar-refractivity contribution in [1.82, 2.24) is 0 Å². The highest BCUT2D eigenvalue weighted by molar-refractivity contribution is 5.85. The summed E-state index contributed by atoms with van der Waals surface area (Å²) in [7, 11) is 0. The number of carbonyl (C=O) groups is 2. The van der Waals surface area contributed by atoms with Crippen LogP contribution in [0.1, 0.15) is 112 Å². The summed E-state index contributed by atoms with van der Waals surface area (Å²) < 4.78 is 60.1. The number of hydrogen-bond acceptors (Lipinski definition) is 20. The SMILES string of the molecule is CC(=O)O[C@H]1CC(OC2[C@@H](O)CC(OC3[C@@H](O)CC(O[C@H]4CC[C@]5(C)C6C[C@@H](O)[C@]7(C)[C@@H](C8=CC(=O)OC8)CC[C@]7(O)[C@@H]6CC[C@H]5C4)O[C@@H]3C)O[C@@H]2C)O[C@H](C)C1OC1O[C@H](CO)[C@@H](O)[C@H](O)[C@H]1O. The first kappa shape index (κ1) is 51.9. The summed E-state index contributed by atoms with van der Waals surface area (Å²) in [4.78, 5) is 24.2. The molecular formula is C49H76O20. The zero-order valence-corrected chi connectivity index (χ0v) is 40.5. The van der Waals surface area contributed by atoms with Gasteiger partial charge in [-0.2, -0.15) is 0 Å². The number of fused-ring (bicyclic) bond motifs is 5. The first-order valence-electron chi connectivity index (χ1n) is 25.3. The first-order valence-corrected chi connectivity index (χ1v) is 25.3. The van der Waals surface area contributed by atoms with Crippen LogP contribution in [0.4, 0.5) is 0 Å². The van der Waals surface area contributed by atoms with Crippen molar-refractivity contribution in [2.45, 2.75) is 234 Å². The number of cyclic esters (lactones) is 1. The molecule has 20 nitrogen and oxygen atoms in total. The lowest BCUT2D eigenvalue weighted by Crippen LogP contribution is -2.67. The van der Waals surface area contributed by atoms with Gasteiger partial charge in [0, 0.05) is 37.7 Å². The quantitative estimate of drug-likeness (QED) is 0.104. The number of ether oxygens (including phenoxy) is 10. The number of esters is 2. The van der Waals surface area contributed by atoms with E-state index in [2.05, 4.69) is 6.92 Å². The van der Waals surface area contributed by atoms with Crippen LogP contribution in [0.2, 0.25) is 0 Å². The summed E-state index contributed by atoms with van der Waals surface area (Å²) in [5.74, 6) is -0.580. The van der Waals surface area contributed by atoms with Crippen LogP contribution in [0.15, 0.2) is 11.6 Å². The van der Waals surface area contributed by atoms with Crippen LogP contribution in [0.25, 0.3) is 0 Å². The van der Waals surface area contributed by atoms with Gasteiger partial charge in [0.15, 0.2) is 25.2 Å². The number of aliphatic hydroxyl groups excluding tert-OH is 7. The minimum absolute atomic E-state index is 0.00421. The van der Waals surface area contributed by atoms with Crippen molar-refractivity contribution in [3.8, 4) is 0 Å². The largest absolute Gasteiger partial charge is 0.459 e. The van der Waals surface area contributed by atoms with Gasteiger partial charge in [-0.05, 0) is 107 Å². The zero-order chi connectivity index (χ0) is 49.5. The molecule has 392 valence electrons. The van der Waals surface area contributed by atoms with Gasteiger partial charge in [-0.25, -0.2) is 4.79 Å². The van der Waals surface area contributed by atoms with E-state index in [0.717, 1.165) is 37.7 Å². The van der Waals surface area contributed by atoms with Crippen LogP contribution in [0.3, 0.4) is 0 Å². The molecule has 8 unspecified atom stereocenters. The summed E-state index contributed by atoms with van der Waals surface area (Å²) in [6.45, 7) is 10.3. The highest BCUT2D eigenvalue weighted by Crippen LogP contribution is 2.70. The van der Waals surface area contributed by atoms with E-state index in [9.17, 15) is 50.4 Å². The number of aliphatic hydroxyl groups is 8. The summed E-state index contributed by atoms with van der Waals surface area (Å²) in [6, 6.07) is 0. The molecule has 4 saturated carbocycles. The molecule has 0 aromatic heterocycles. The lowest BCUT2D eigenvalue weighted by atomic mass is 9.42. The van der Waals surface area contributed by atoms with Crippen LogP contribution in [-0.2, 0) is 57.0 Å². The van der Waals surface area contributed by atoms with E-state index in [4.69, 9.17) is 47.4 Å². The molecule has 69 heavy (non-hydrogen) atoms. The van der Waals surface area contributed by atoms with E-state index in [1.54, 1.807) is 26.8 Å². The molecule has 5 heterocycles. The van der Waals surface area contributed by atoms with Crippen LogP contribution >= 0.6 is 0 Å². The Balaban J connectivity index is 0.752. The molecule has 0 radical (unpaired) electrons. The molecule has 20 heteroatoms. The second kappa shape index (κ2) is 20.0. The van der Waals surface area contributed by atoms with Gasteiger partial charge in [-0.1, -0.05) is 13.8 Å². The Bertz CT molecular complexity index is 1850. The third-order valence-corrected chi connectivity index (χ3v) is 18.4. The zero-order valence-electron chi connectivity index (χ0n) is 40.5. The predicted molar refractivity (Wildman–Crippen MR) is 235 cm³/mol. The van der Waals surface area contributed by atoms with Crippen LogP contribution in [0.5, 0.6) is 0 Å². The molecule has 9 aliphatic rings. The highest BCUT2D eigenvalue weighted by Gasteiger charge is 2.71. The molecule has 8 fully saturated rings. The van der Waals surface area contributed by atoms with Gasteiger partial charge in [0.1, 0.15) is 55.4 Å².